The maximum atomic E-state index is 8.78. The first-order valence-electron chi connectivity index (χ1n) is 4.89. The van der Waals surface area contributed by atoms with Gasteiger partial charge in [-0.25, -0.2) is 4.98 Å². The first-order valence-corrected chi connectivity index (χ1v) is 4.89. The van der Waals surface area contributed by atoms with Crippen molar-refractivity contribution < 1.29 is 5.11 Å². The summed E-state index contributed by atoms with van der Waals surface area (Å²) in [6.07, 6.45) is 2.18. The molecule has 0 amide bonds. The largest absolute Gasteiger partial charge is 0.396 e. The highest BCUT2D eigenvalue weighted by atomic mass is 16.3. The number of hydrogen-bond donors (Lipinski definition) is 2. The Bertz CT molecular complexity index is 458. The number of aromatic nitrogens is 2. The van der Waals surface area contributed by atoms with E-state index in [2.05, 4.69) is 9.97 Å². The van der Waals surface area contributed by atoms with Crippen LogP contribution in [0.1, 0.15) is 18.2 Å². The molecular formula is C11H13N3O. The quantitative estimate of drug-likeness (QED) is 0.781. The highest BCUT2D eigenvalue weighted by molar-refractivity contribution is 5.73. The van der Waals surface area contributed by atoms with Gasteiger partial charge in [-0.2, -0.15) is 0 Å². The van der Waals surface area contributed by atoms with Gasteiger partial charge in [-0.3, -0.25) is 4.98 Å². The van der Waals surface area contributed by atoms with Crippen molar-refractivity contribution in [2.45, 2.75) is 12.5 Å². The number of aliphatic hydroxyl groups is 1. The number of fused-ring (bicyclic) bond motifs is 1. The highest BCUT2D eigenvalue weighted by Crippen LogP contribution is 2.14. The molecule has 0 radical (unpaired) electrons. The van der Waals surface area contributed by atoms with Gasteiger partial charge in [0.2, 0.25) is 0 Å². The summed E-state index contributed by atoms with van der Waals surface area (Å²) in [5, 5.41) is 8.78. The van der Waals surface area contributed by atoms with E-state index < -0.39 is 0 Å². The van der Waals surface area contributed by atoms with Crippen LogP contribution in [0.25, 0.3) is 11.0 Å². The van der Waals surface area contributed by atoms with Crippen molar-refractivity contribution in [3.05, 3.63) is 36.2 Å². The lowest BCUT2D eigenvalue weighted by Gasteiger charge is -2.09. The monoisotopic (exact) mass is 203 g/mol. The summed E-state index contributed by atoms with van der Waals surface area (Å²) in [5.41, 5.74) is 8.25. The Labute approximate surface area is 87.8 Å². The SMILES string of the molecule is NC(CCO)c1cnc2ccccc2n1. The third-order valence-electron chi connectivity index (χ3n) is 2.29. The molecule has 3 N–H and O–H groups in total. The first-order chi connectivity index (χ1) is 7.31. The Morgan fingerprint density at radius 1 is 1.27 bits per heavy atom. The normalized spacial score (nSPS) is 12.9. The van der Waals surface area contributed by atoms with Gasteiger partial charge in [-0.1, -0.05) is 12.1 Å². The molecule has 0 aliphatic carbocycles. The number of nitrogens with zero attached hydrogens (tertiary/aromatic N) is 2. The molecule has 78 valence electrons. The molecule has 15 heavy (non-hydrogen) atoms. The van der Waals surface area contributed by atoms with E-state index in [1.54, 1.807) is 6.20 Å². The summed E-state index contributed by atoms with van der Waals surface area (Å²) >= 11 is 0. The lowest BCUT2D eigenvalue weighted by Crippen LogP contribution is -2.13. The second-order valence-electron chi connectivity index (χ2n) is 3.40. The molecule has 1 heterocycles. The molecule has 4 nitrogen and oxygen atoms in total. The minimum Gasteiger partial charge on any atom is -0.396 e. The minimum absolute atomic E-state index is 0.0652. The van der Waals surface area contributed by atoms with Gasteiger partial charge in [0.05, 0.1) is 29.0 Å². The van der Waals surface area contributed by atoms with E-state index >= 15 is 0 Å². The van der Waals surface area contributed by atoms with Crippen molar-refractivity contribution in [3.8, 4) is 0 Å². The summed E-state index contributed by atoms with van der Waals surface area (Å²) in [6.45, 7) is 0.0652. The van der Waals surface area contributed by atoms with Gasteiger partial charge in [0, 0.05) is 6.61 Å². The fraction of sp³-hybridized carbons (Fsp3) is 0.273. The van der Waals surface area contributed by atoms with Crippen LogP contribution in [0.4, 0.5) is 0 Å². The van der Waals surface area contributed by atoms with Crippen molar-refractivity contribution >= 4 is 11.0 Å². The van der Waals surface area contributed by atoms with Gasteiger partial charge in [0.1, 0.15) is 0 Å². The molecule has 0 saturated carbocycles. The predicted octanol–water partition coefficient (Wildman–Crippen LogP) is 1.01. The molecule has 1 aromatic heterocycles. The molecule has 0 aliphatic heterocycles. The molecule has 4 heteroatoms. The summed E-state index contributed by atoms with van der Waals surface area (Å²) in [4.78, 5) is 8.66. The molecule has 0 fully saturated rings. The Hall–Kier alpha value is -1.52. The van der Waals surface area contributed by atoms with Crippen molar-refractivity contribution in [1.82, 2.24) is 9.97 Å². The van der Waals surface area contributed by atoms with Crippen LogP contribution < -0.4 is 5.73 Å². The van der Waals surface area contributed by atoms with Crippen LogP contribution in [-0.2, 0) is 0 Å². The molecule has 1 unspecified atom stereocenters. The Balaban J connectivity index is 2.38. The Morgan fingerprint density at radius 2 is 2.00 bits per heavy atom. The van der Waals surface area contributed by atoms with E-state index in [4.69, 9.17) is 10.8 Å². The zero-order valence-corrected chi connectivity index (χ0v) is 8.30. The molecule has 2 aromatic rings. The Kier molecular flexibility index (Phi) is 2.89. The van der Waals surface area contributed by atoms with E-state index in [1.165, 1.54) is 0 Å². The topological polar surface area (TPSA) is 72.0 Å². The average molecular weight is 203 g/mol. The molecule has 0 spiro atoms. The van der Waals surface area contributed by atoms with Gasteiger partial charge in [0.25, 0.3) is 0 Å². The van der Waals surface area contributed by atoms with Crippen molar-refractivity contribution in [2.75, 3.05) is 6.61 Å². The molecule has 1 aromatic carbocycles. The summed E-state index contributed by atoms with van der Waals surface area (Å²) < 4.78 is 0. The molecule has 1 atom stereocenters. The molecule has 0 aliphatic rings. The van der Waals surface area contributed by atoms with Crippen LogP contribution in [0, 0.1) is 0 Å². The predicted molar refractivity (Wildman–Crippen MR) is 58.2 cm³/mol. The average Bonchev–Trinajstić information content (AvgIpc) is 2.29. The van der Waals surface area contributed by atoms with Crippen LogP contribution in [-0.4, -0.2) is 21.7 Å². The van der Waals surface area contributed by atoms with Gasteiger partial charge >= 0.3 is 0 Å². The van der Waals surface area contributed by atoms with Gasteiger partial charge < -0.3 is 10.8 Å². The van der Waals surface area contributed by atoms with E-state index in [0.717, 1.165) is 16.7 Å². The number of para-hydroxylation sites is 2. The number of benzene rings is 1. The van der Waals surface area contributed by atoms with Crippen LogP contribution in [0.2, 0.25) is 0 Å². The Morgan fingerprint density at radius 3 is 2.73 bits per heavy atom. The summed E-state index contributed by atoms with van der Waals surface area (Å²) in [6, 6.07) is 7.40. The van der Waals surface area contributed by atoms with Gasteiger partial charge in [-0.15, -0.1) is 0 Å². The van der Waals surface area contributed by atoms with Crippen LogP contribution in [0.3, 0.4) is 0 Å². The third-order valence-corrected chi connectivity index (χ3v) is 2.29. The smallest absolute Gasteiger partial charge is 0.0890 e. The van der Waals surface area contributed by atoms with E-state index in [0.29, 0.717) is 6.42 Å². The van der Waals surface area contributed by atoms with E-state index in [1.807, 2.05) is 24.3 Å². The lowest BCUT2D eigenvalue weighted by molar-refractivity contribution is 0.275. The van der Waals surface area contributed by atoms with Crippen molar-refractivity contribution in [1.29, 1.82) is 0 Å². The first kappa shape index (κ1) is 10.0. The third kappa shape index (κ3) is 2.11. The second kappa shape index (κ2) is 4.33. The zero-order chi connectivity index (χ0) is 10.7. The van der Waals surface area contributed by atoms with Gasteiger partial charge in [-0.05, 0) is 18.6 Å². The lowest BCUT2D eigenvalue weighted by atomic mass is 10.1. The van der Waals surface area contributed by atoms with E-state index in [-0.39, 0.29) is 12.6 Å². The second-order valence-corrected chi connectivity index (χ2v) is 3.40. The number of hydrogen-bond acceptors (Lipinski definition) is 4. The van der Waals surface area contributed by atoms with Crippen LogP contribution >= 0.6 is 0 Å². The number of aliphatic hydroxyl groups excluding tert-OH is 1. The molecule has 0 bridgehead atoms. The number of nitrogens with two attached hydrogens (primary N) is 1. The molecule has 0 saturated heterocycles. The van der Waals surface area contributed by atoms with Crippen molar-refractivity contribution in [2.24, 2.45) is 5.73 Å². The van der Waals surface area contributed by atoms with Crippen LogP contribution in [0.5, 0.6) is 0 Å². The maximum Gasteiger partial charge on any atom is 0.0890 e. The van der Waals surface area contributed by atoms with Crippen LogP contribution in [0.15, 0.2) is 30.5 Å². The zero-order valence-electron chi connectivity index (χ0n) is 8.30. The van der Waals surface area contributed by atoms with Crippen molar-refractivity contribution in [3.63, 3.8) is 0 Å². The molecular weight excluding hydrogens is 190 g/mol. The summed E-state index contributed by atoms with van der Waals surface area (Å²) in [5.74, 6) is 0. The number of rotatable bonds is 3. The minimum atomic E-state index is -0.243. The highest BCUT2D eigenvalue weighted by Gasteiger charge is 2.07. The maximum absolute atomic E-state index is 8.78. The fourth-order valence-corrected chi connectivity index (χ4v) is 1.44. The van der Waals surface area contributed by atoms with Gasteiger partial charge in [0.15, 0.2) is 0 Å². The standard InChI is InChI=1S/C11H13N3O/c12-8(5-6-15)11-7-13-9-3-1-2-4-10(9)14-11/h1-4,7-8,15H,5-6,12H2. The van der Waals surface area contributed by atoms with E-state index in [9.17, 15) is 0 Å². The fourth-order valence-electron chi connectivity index (χ4n) is 1.44. The molecule has 2 rings (SSSR count). The summed E-state index contributed by atoms with van der Waals surface area (Å²) in [7, 11) is 0.